The fourth-order valence-electron chi connectivity index (χ4n) is 3.11. The van der Waals surface area contributed by atoms with Crippen molar-refractivity contribution in [2.24, 2.45) is 5.92 Å². The molecule has 0 radical (unpaired) electrons. The second-order valence-electron chi connectivity index (χ2n) is 6.38. The van der Waals surface area contributed by atoms with Gasteiger partial charge >= 0.3 is 0 Å². The van der Waals surface area contributed by atoms with Gasteiger partial charge in [-0.1, -0.05) is 5.16 Å². The van der Waals surface area contributed by atoms with E-state index in [9.17, 15) is 4.79 Å². The van der Waals surface area contributed by atoms with Gasteiger partial charge in [-0.3, -0.25) is 4.79 Å². The van der Waals surface area contributed by atoms with Gasteiger partial charge in [-0.05, 0) is 25.2 Å². The topological polar surface area (TPSA) is 77.7 Å². The van der Waals surface area contributed by atoms with Crippen molar-refractivity contribution in [1.29, 1.82) is 0 Å². The van der Waals surface area contributed by atoms with Crippen LogP contribution >= 0.6 is 0 Å². The van der Waals surface area contributed by atoms with Gasteiger partial charge in [-0.25, -0.2) is 0 Å². The SMILES string of the molecule is CC(=O)N1CCC(c2nc(CCOCC3CCOCC3)no2)C1. The predicted octanol–water partition coefficient (Wildman–Crippen LogP) is 1.39. The highest BCUT2D eigenvalue weighted by Gasteiger charge is 2.29. The van der Waals surface area contributed by atoms with E-state index >= 15 is 0 Å². The monoisotopic (exact) mass is 323 g/mol. The summed E-state index contributed by atoms with van der Waals surface area (Å²) in [6.45, 7) is 6.13. The molecule has 1 aromatic rings. The molecule has 2 aliphatic rings. The quantitative estimate of drug-likeness (QED) is 0.736. The Balaban J connectivity index is 1.38. The highest BCUT2D eigenvalue weighted by atomic mass is 16.5. The van der Waals surface area contributed by atoms with Gasteiger partial charge in [0, 0.05) is 46.3 Å². The van der Waals surface area contributed by atoms with E-state index in [1.807, 2.05) is 4.90 Å². The molecule has 0 aliphatic carbocycles. The van der Waals surface area contributed by atoms with Crippen LogP contribution in [0.3, 0.4) is 0 Å². The lowest BCUT2D eigenvalue weighted by Gasteiger charge is -2.21. The molecule has 0 saturated carbocycles. The van der Waals surface area contributed by atoms with E-state index in [0.29, 0.717) is 37.2 Å². The van der Waals surface area contributed by atoms with Crippen LogP contribution in [0.4, 0.5) is 0 Å². The molecule has 128 valence electrons. The average Bonchev–Trinajstić information content (AvgIpc) is 3.21. The number of hydrogen-bond donors (Lipinski definition) is 0. The zero-order valence-electron chi connectivity index (χ0n) is 13.7. The summed E-state index contributed by atoms with van der Waals surface area (Å²) in [5, 5.41) is 4.03. The van der Waals surface area contributed by atoms with Gasteiger partial charge < -0.3 is 18.9 Å². The van der Waals surface area contributed by atoms with Crippen molar-refractivity contribution in [2.75, 3.05) is 39.5 Å². The molecule has 1 amide bonds. The van der Waals surface area contributed by atoms with Gasteiger partial charge in [0.1, 0.15) is 0 Å². The number of nitrogens with zero attached hydrogens (tertiary/aromatic N) is 3. The van der Waals surface area contributed by atoms with Crippen molar-refractivity contribution < 1.29 is 18.8 Å². The second-order valence-corrected chi connectivity index (χ2v) is 6.38. The lowest BCUT2D eigenvalue weighted by atomic mass is 10.0. The van der Waals surface area contributed by atoms with Crippen LogP contribution in [-0.4, -0.2) is 60.5 Å². The minimum atomic E-state index is 0.105. The molecule has 0 spiro atoms. The van der Waals surface area contributed by atoms with Gasteiger partial charge in [0.2, 0.25) is 11.8 Å². The molecule has 3 rings (SSSR count). The molecule has 0 aromatic carbocycles. The van der Waals surface area contributed by atoms with Crippen LogP contribution in [0.1, 0.15) is 43.8 Å². The number of carbonyl (C=O) groups excluding carboxylic acids is 1. The fourth-order valence-corrected chi connectivity index (χ4v) is 3.11. The van der Waals surface area contributed by atoms with Crippen LogP contribution < -0.4 is 0 Å². The first kappa shape index (κ1) is 16.4. The molecule has 1 unspecified atom stereocenters. The minimum absolute atomic E-state index is 0.105. The summed E-state index contributed by atoms with van der Waals surface area (Å²) in [5.74, 6) is 2.22. The molecular weight excluding hydrogens is 298 g/mol. The molecule has 1 atom stereocenters. The van der Waals surface area contributed by atoms with Crippen molar-refractivity contribution in [2.45, 2.75) is 38.5 Å². The first-order valence-electron chi connectivity index (χ1n) is 8.46. The second kappa shape index (κ2) is 7.88. The van der Waals surface area contributed by atoms with Crippen molar-refractivity contribution in [3.63, 3.8) is 0 Å². The number of hydrogen-bond acceptors (Lipinski definition) is 6. The summed E-state index contributed by atoms with van der Waals surface area (Å²) in [7, 11) is 0. The Kier molecular flexibility index (Phi) is 5.61. The Morgan fingerprint density at radius 3 is 2.91 bits per heavy atom. The average molecular weight is 323 g/mol. The summed E-state index contributed by atoms with van der Waals surface area (Å²) in [6.07, 6.45) is 3.72. The van der Waals surface area contributed by atoms with Crippen molar-refractivity contribution in [3.8, 4) is 0 Å². The maximum Gasteiger partial charge on any atom is 0.231 e. The maximum atomic E-state index is 11.4. The van der Waals surface area contributed by atoms with Crippen LogP contribution in [0.5, 0.6) is 0 Å². The van der Waals surface area contributed by atoms with Crippen LogP contribution in [0, 0.1) is 5.92 Å². The van der Waals surface area contributed by atoms with E-state index in [1.165, 1.54) is 0 Å². The Labute approximate surface area is 136 Å². The minimum Gasteiger partial charge on any atom is -0.381 e. The highest BCUT2D eigenvalue weighted by Crippen LogP contribution is 2.25. The van der Waals surface area contributed by atoms with Gasteiger partial charge in [0.15, 0.2) is 5.82 Å². The third-order valence-electron chi connectivity index (χ3n) is 4.63. The predicted molar refractivity (Wildman–Crippen MR) is 82.0 cm³/mol. The highest BCUT2D eigenvalue weighted by molar-refractivity contribution is 5.73. The van der Waals surface area contributed by atoms with E-state index in [1.54, 1.807) is 6.92 Å². The molecule has 23 heavy (non-hydrogen) atoms. The van der Waals surface area contributed by atoms with E-state index in [2.05, 4.69) is 10.1 Å². The summed E-state index contributed by atoms with van der Waals surface area (Å²) < 4.78 is 16.4. The van der Waals surface area contributed by atoms with Crippen LogP contribution in [-0.2, 0) is 20.7 Å². The molecule has 2 fully saturated rings. The number of ether oxygens (including phenoxy) is 2. The first-order chi connectivity index (χ1) is 11.2. The molecular formula is C16H25N3O4. The van der Waals surface area contributed by atoms with Gasteiger partial charge in [-0.2, -0.15) is 4.98 Å². The molecule has 1 aromatic heterocycles. The molecule has 7 nitrogen and oxygen atoms in total. The van der Waals surface area contributed by atoms with E-state index < -0.39 is 0 Å². The van der Waals surface area contributed by atoms with E-state index in [4.69, 9.17) is 14.0 Å². The van der Waals surface area contributed by atoms with Crippen LogP contribution in [0.2, 0.25) is 0 Å². The normalized spacial score (nSPS) is 22.7. The van der Waals surface area contributed by atoms with Crippen molar-refractivity contribution in [3.05, 3.63) is 11.7 Å². The number of rotatable bonds is 6. The van der Waals surface area contributed by atoms with Gasteiger partial charge in [-0.15, -0.1) is 0 Å². The maximum absolute atomic E-state index is 11.4. The Morgan fingerprint density at radius 2 is 2.17 bits per heavy atom. The molecule has 2 aliphatic heterocycles. The zero-order valence-corrected chi connectivity index (χ0v) is 13.7. The first-order valence-corrected chi connectivity index (χ1v) is 8.46. The molecule has 0 N–H and O–H groups in total. The van der Waals surface area contributed by atoms with Crippen LogP contribution in [0.15, 0.2) is 4.52 Å². The van der Waals surface area contributed by atoms with E-state index in [-0.39, 0.29) is 11.8 Å². The number of amides is 1. The third-order valence-corrected chi connectivity index (χ3v) is 4.63. The van der Waals surface area contributed by atoms with Gasteiger partial charge in [0.25, 0.3) is 0 Å². The molecule has 0 bridgehead atoms. The summed E-state index contributed by atoms with van der Waals surface area (Å²) in [4.78, 5) is 17.6. The number of likely N-dealkylation sites (tertiary alicyclic amines) is 1. The third kappa shape index (κ3) is 4.51. The fraction of sp³-hybridized carbons (Fsp3) is 0.812. The van der Waals surface area contributed by atoms with Gasteiger partial charge in [0.05, 0.1) is 12.5 Å². The molecule has 3 heterocycles. The summed E-state index contributed by atoms with van der Waals surface area (Å²) in [5.41, 5.74) is 0. The lowest BCUT2D eigenvalue weighted by molar-refractivity contribution is -0.127. The summed E-state index contributed by atoms with van der Waals surface area (Å²) >= 11 is 0. The van der Waals surface area contributed by atoms with Crippen LogP contribution in [0.25, 0.3) is 0 Å². The number of carbonyl (C=O) groups is 1. The Hall–Kier alpha value is -1.47. The smallest absolute Gasteiger partial charge is 0.231 e. The standard InChI is InChI=1S/C16H25N3O4/c1-12(20)19-6-2-14(10-19)16-17-15(18-23-16)5-9-22-11-13-3-7-21-8-4-13/h13-14H,2-11H2,1H3. The summed E-state index contributed by atoms with van der Waals surface area (Å²) in [6, 6.07) is 0. The van der Waals surface area contributed by atoms with Crippen molar-refractivity contribution in [1.82, 2.24) is 15.0 Å². The van der Waals surface area contributed by atoms with Crippen molar-refractivity contribution >= 4 is 5.91 Å². The largest absolute Gasteiger partial charge is 0.381 e. The Morgan fingerprint density at radius 1 is 1.35 bits per heavy atom. The van der Waals surface area contributed by atoms with E-state index in [0.717, 1.165) is 45.6 Å². The molecule has 2 saturated heterocycles. The Bertz CT molecular complexity index is 513. The molecule has 7 heteroatoms. The number of aromatic nitrogens is 2. The zero-order chi connectivity index (χ0) is 16.1. The lowest BCUT2D eigenvalue weighted by Crippen LogP contribution is -2.25.